The number of hydrogen-bond donors (Lipinski definition) is 1. The van der Waals surface area contributed by atoms with E-state index in [2.05, 4.69) is 43.0 Å². The van der Waals surface area contributed by atoms with E-state index >= 15 is 0 Å². The van der Waals surface area contributed by atoms with Gasteiger partial charge in [0.05, 0.1) is 0 Å². The Balaban J connectivity index is 1.76. The van der Waals surface area contributed by atoms with E-state index in [1.165, 1.54) is 24.0 Å². The lowest BCUT2D eigenvalue weighted by atomic mass is 9.86. The lowest BCUT2D eigenvalue weighted by molar-refractivity contribution is -0.138. The van der Waals surface area contributed by atoms with Gasteiger partial charge >= 0.3 is 5.97 Å². The molecule has 1 N–H and O–H groups in total. The number of aliphatic carboxylic acids is 1. The lowest BCUT2D eigenvalue weighted by Gasteiger charge is -2.42. The van der Waals surface area contributed by atoms with Gasteiger partial charge in [-0.15, -0.1) is 0 Å². The van der Waals surface area contributed by atoms with Crippen LogP contribution in [0, 0.1) is 12.8 Å². The molecule has 2 heterocycles. The smallest absolute Gasteiger partial charge is 0.303 e. The third kappa shape index (κ3) is 2.84. The number of carboxylic acids is 1. The number of carboxylic acid groups (broad SMARTS) is 1. The number of benzene rings is 1. The zero-order valence-corrected chi connectivity index (χ0v) is 13.0. The summed E-state index contributed by atoms with van der Waals surface area (Å²) in [6, 6.07) is 10.2. The first kappa shape index (κ1) is 14.6. The average molecular weight is 287 g/mol. The second-order valence-electron chi connectivity index (χ2n) is 6.80. The molecule has 3 atom stereocenters. The first-order valence-electron chi connectivity index (χ1n) is 8.11. The minimum Gasteiger partial charge on any atom is -0.481 e. The van der Waals surface area contributed by atoms with Gasteiger partial charge in [0, 0.05) is 24.5 Å². The molecule has 0 aromatic heterocycles. The number of rotatable bonds is 4. The first-order chi connectivity index (χ1) is 10.1. The summed E-state index contributed by atoms with van der Waals surface area (Å²) >= 11 is 0. The number of hydrogen-bond acceptors (Lipinski definition) is 2. The average Bonchev–Trinajstić information content (AvgIpc) is 2.69. The van der Waals surface area contributed by atoms with Gasteiger partial charge in [0.15, 0.2) is 0 Å². The maximum atomic E-state index is 11.0. The van der Waals surface area contributed by atoms with Crippen molar-refractivity contribution in [3.63, 3.8) is 0 Å². The topological polar surface area (TPSA) is 40.5 Å². The van der Waals surface area contributed by atoms with Gasteiger partial charge in [-0.05, 0) is 56.6 Å². The SMILES string of the molecule is Cc1ccccc1C(C)N1C2CCC1CC(CC(=O)O)C2. The molecule has 2 saturated heterocycles. The van der Waals surface area contributed by atoms with Crippen LogP contribution in [0.4, 0.5) is 0 Å². The molecule has 0 spiro atoms. The van der Waals surface area contributed by atoms with Crippen LogP contribution in [0.2, 0.25) is 0 Å². The highest BCUT2D eigenvalue weighted by Gasteiger charge is 2.43. The molecule has 2 bridgehead atoms. The normalized spacial score (nSPS) is 30.3. The molecule has 1 aromatic carbocycles. The Labute approximate surface area is 127 Å². The third-order valence-electron chi connectivity index (χ3n) is 5.44. The third-order valence-corrected chi connectivity index (χ3v) is 5.44. The quantitative estimate of drug-likeness (QED) is 0.916. The molecule has 0 amide bonds. The van der Waals surface area contributed by atoms with Crippen LogP contribution in [-0.2, 0) is 4.79 Å². The van der Waals surface area contributed by atoms with E-state index in [0.29, 0.717) is 30.5 Å². The largest absolute Gasteiger partial charge is 0.481 e. The highest BCUT2D eigenvalue weighted by molar-refractivity contribution is 5.67. The number of carbonyl (C=O) groups is 1. The van der Waals surface area contributed by atoms with Crippen molar-refractivity contribution in [1.82, 2.24) is 4.90 Å². The molecular formula is C18H25NO2. The number of fused-ring (bicyclic) bond motifs is 2. The maximum absolute atomic E-state index is 11.0. The zero-order chi connectivity index (χ0) is 15.0. The van der Waals surface area contributed by atoms with Gasteiger partial charge in [-0.3, -0.25) is 9.69 Å². The molecule has 2 aliphatic heterocycles. The predicted molar refractivity (Wildman–Crippen MR) is 83.2 cm³/mol. The molecule has 3 rings (SSSR count). The molecular weight excluding hydrogens is 262 g/mol. The van der Waals surface area contributed by atoms with E-state index < -0.39 is 5.97 Å². The lowest BCUT2D eigenvalue weighted by Crippen LogP contribution is -2.44. The van der Waals surface area contributed by atoms with E-state index in [-0.39, 0.29) is 0 Å². The van der Waals surface area contributed by atoms with Gasteiger partial charge in [0.1, 0.15) is 0 Å². The number of aryl methyl sites for hydroxylation is 1. The van der Waals surface area contributed by atoms with Gasteiger partial charge in [0.2, 0.25) is 0 Å². The van der Waals surface area contributed by atoms with Crippen LogP contribution in [0.1, 0.15) is 56.2 Å². The molecule has 0 aliphatic carbocycles. The van der Waals surface area contributed by atoms with Crippen molar-refractivity contribution >= 4 is 5.97 Å². The summed E-state index contributed by atoms with van der Waals surface area (Å²) in [4.78, 5) is 13.6. The monoisotopic (exact) mass is 287 g/mol. The summed E-state index contributed by atoms with van der Waals surface area (Å²) in [6.45, 7) is 4.50. The van der Waals surface area contributed by atoms with E-state index in [9.17, 15) is 4.79 Å². The van der Waals surface area contributed by atoms with Gasteiger partial charge in [-0.2, -0.15) is 0 Å². The minimum absolute atomic E-state index is 0.347. The fourth-order valence-corrected chi connectivity index (χ4v) is 4.59. The van der Waals surface area contributed by atoms with Crippen molar-refractivity contribution < 1.29 is 9.90 Å². The van der Waals surface area contributed by atoms with Crippen molar-refractivity contribution in [2.24, 2.45) is 5.92 Å². The summed E-state index contributed by atoms with van der Waals surface area (Å²) in [5.74, 6) is -0.264. The van der Waals surface area contributed by atoms with Gasteiger partial charge in [-0.25, -0.2) is 0 Å². The molecule has 3 heteroatoms. The van der Waals surface area contributed by atoms with Crippen LogP contribution in [0.3, 0.4) is 0 Å². The second kappa shape index (κ2) is 5.80. The highest BCUT2D eigenvalue weighted by Crippen LogP contribution is 2.44. The molecule has 1 aromatic rings. The van der Waals surface area contributed by atoms with Crippen LogP contribution < -0.4 is 0 Å². The maximum Gasteiger partial charge on any atom is 0.303 e. The van der Waals surface area contributed by atoms with Crippen LogP contribution >= 0.6 is 0 Å². The fourth-order valence-electron chi connectivity index (χ4n) is 4.59. The van der Waals surface area contributed by atoms with E-state index in [0.717, 1.165) is 12.8 Å². The molecule has 2 aliphatic rings. The zero-order valence-electron chi connectivity index (χ0n) is 13.0. The molecule has 3 unspecified atom stereocenters. The molecule has 2 fully saturated rings. The Kier molecular flexibility index (Phi) is 4.03. The van der Waals surface area contributed by atoms with Crippen molar-refractivity contribution in [2.75, 3.05) is 0 Å². The summed E-state index contributed by atoms with van der Waals surface area (Å²) in [5.41, 5.74) is 2.78. The summed E-state index contributed by atoms with van der Waals surface area (Å²) in [7, 11) is 0. The fraction of sp³-hybridized carbons (Fsp3) is 0.611. The second-order valence-corrected chi connectivity index (χ2v) is 6.80. The van der Waals surface area contributed by atoms with E-state index in [1.54, 1.807) is 0 Å². The van der Waals surface area contributed by atoms with E-state index in [1.807, 2.05) is 0 Å². The van der Waals surface area contributed by atoms with Gasteiger partial charge in [0.25, 0.3) is 0 Å². The summed E-state index contributed by atoms with van der Waals surface area (Å²) < 4.78 is 0. The van der Waals surface area contributed by atoms with Crippen molar-refractivity contribution in [1.29, 1.82) is 0 Å². The number of nitrogens with zero attached hydrogens (tertiary/aromatic N) is 1. The Morgan fingerprint density at radius 2 is 1.90 bits per heavy atom. The van der Waals surface area contributed by atoms with Crippen LogP contribution in [-0.4, -0.2) is 28.1 Å². The van der Waals surface area contributed by atoms with Crippen LogP contribution in [0.15, 0.2) is 24.3 Å². The summed E-state index contributed by atoms with van der Waals surface area (Å²) in [6.07, 6.45) is 4.92. The first-order valence-corrected chi connectivity index (χ1v) is 8.11. The van der Waals surface area contributed by atoms with Crippen molar-refractivity contribution in [3.05, 3.63) is 35.4 Å². The van der Waals surface area contributed by atoms with Crippen LogP contribution in [0.25, 0.3) is 0 Å². The molecule has 3 nitrogen and oxygen atoms in total. The Hall–Kier alpha value is -1.35. The van der Waals surface area contributed by atoms with Crippen molar-refractivity contribution in [2.45, 2.75) is 64.1 Å². The highest BCUT2D eigenvalue weighted by atomic mass is 16.4. The number of piperidine rings is 1. The molecule has 21 heavy (non-hydrogen) atoms. The summed E-state index contributed by atoms with van der Waals surface area (Å²) in [5, 5.41) is 9.03. The van der Waals surface area contributed by atoms with Crippen LogP contribution in [0.5, 0.6) is 0 Å². The van der Waals surface area contributed by atoms with E-state index in [4.69, 9.17) is 5.11 Å². The molecule has 114 valence electrons. The van der Waals surface area contributed by atoms with Crippen molar-refractivity contribution in [3.8, 4) is 0 Å². The standard InChI is InChI=1S/C18H25NO2/c1-12-5-3-4-6-17(12)13(2)19-15-7-8-16(19)10-14(9-15)11-18(20)21/h3-6,13-16H,7-11H2,1-2H3,(H,20,21). The Morgan fingerprint density at radius 1 is 1.29 bits per heavy atom. The Morgan fingerprint density at radius 3 is 2.48 bits per heavy atom. The molecule has 0 saturated carbocycles. The minimum atomic E-state index is -0.639. The van der Waals surface area contributed by atoms with Gasteiger partial charge < -0.3 is 5.11 Å². The molecule has 0 radical (unpaired) electrons. The Bertz CT molecular complexity index is 514. The van der Waals surface area contributed by atoms with Gasteiger partial charge in [-0.1, -0.05) is 24.3 Å². The predicted octanol–water partition coefficient (Wildman–Crippen LogP) is 3.77.